The first kappa shape index (κ1) is 12.2. The molecule has 0 radical (unpaired) electrons. The van der Waals surface area contributed by atoms with Crippen molar-refractivity contribution in [3.8, 4) is 0 Å². The summed E-state index contributed by atoms with van der Waals surface area (Å²) in [6, 6.07) is 0. The molecule has 0 aromatic rings. The summed E-state index contributed by atoms with van der Waals surface area (Å²) in [4.78, 5) is 11.0. The van der Waals surface area contributed by atoms with Crippen LogP contribution in [0.3, 0.4) is 0 Å². The van der Waals surface area contributed by atoms with E-state index < -0.39 is 0 Å². The normalized spacial score (nSPS) is 10.3. The van der Waals surface area contributed by atoms with Crippen molar-refractivity contribution in [3.05, 3.63) is 23.8 Å². The Kier molecular flexibility index (Phi) is 7.41. The number of carbonyl (C=O) groups is 1. The Bertz CT molecular complexity index is 197. The number of allylic oxidation sites excluding steroid dienone is 2. The van der Waals surface area contributed by atoms with Crippen LogP contribution in [0.15, 0.2) is 23.8 Å². The largest absolute Gasteiger partial charge is 0.465 e. The molecule has 0 saturated carbocycles. The van der Waals surface area contributed by atoms with Gasteiger partial charge in [0.25, 0.3) is 0 Å². The lowest BCUT2D eigenvalue weighted by Crippen LogP contribution is -2.03. The molecule has 0 fully saturated rings. The van der Waals surface area contributed by atoms with E-state index in [1.165, 1.54) is 0 Å². The van der Waals surface area contributed by atoms with Gasteiger partial charge in [0.1, 0.15) is 0 Å². The molecule has 13 heavy (non-hydrogen) atoms. The first-order chi connectivity index (χ1) is 6.16. The van der Waals surface area contributed by atoms with Gasteiger partial charge in [0, 0.05) is 5.03 Å². The number of unbranched alkanes of at least 4 members (excludes halogenated alkanes) is 1. The summed E-state index contributed by atoms with van der Waals surface area (Å²) in [6.45, 7) is 6.01. The molecule has 0 aromatic heterocycles. The van der Waals surface area contributed by atoms with Gasteiger partial charge >= 0.3 is 5.97 Å². The molecule has 0 aliphatic heterocycles. The van der Waals surface area contributed by atoms with Crippen LogP contribution in [-0.4, -0.2) is 12.6 Å². The fraction of sp³-hybridized carbons (Fsp3) is 0.500. The topological polar surface area (TPSA) is 26.3 Å². The number of esters is 1. The van der Waals surface area contributed by atoms with Gasteiger partial charge in [-0.25, -0.2) is 0 Å². The fourth-order valence-electron chi connectivity index (χ4n) is 0.672. The van der Waals surface area contributed by atoms with E-state index in [4.69, 9.17) is 16.3 Å². The Hall–Kier alpha value is -0.760. The van der Waals surface area contributed by atoms with Crippen LogP contribution in [-0.2, 0) is 9.53 Å². The van der Waals surface area contributed by atoms with E-state index in [0.29, 0.717) is 11.6 Å². The fourth-order valence-corrected chi connectivity index (χ4v) is 0.761. The van der Waals surface area contributed by atoms with Gasteiger partial charge < -0.3 is 4.74 Å². The number of carbonyl (C=O) groups excluding carboxylic acids is 1. The Balaban J connectivity index is 3.46. The van der Waals surface area contributed by atoms with E-state index in [0.717, 1.165) is 12.8 Å². The highest BCUT2D eigenvalue weighted by atomic mass is 35.5. The zero-order chi connectivity index (χ0) is 10.1. The molecular formula is C10H15ClO2. The van der Waals surface area contributed by atoms with Gasteiger partial charge in [0.2, 0.25) is 0 Å². The van der Waals surface area contributed by atoms with Gasteiger partial charge in [-0.15, -0.1) is 0 Å². The molecule has 0 bridgehead atoms. The van der Waals surface area contributed by atoms with Crippen LogP contribution in [0.5, 0.6) is 0 Å². The van der Waals surface area contributed by atoms with Crippen LogP contribution in [0.4, 0.5) is 0 Å². The van der Waals surface area contributed by atoms with E-state index in [1.54, 1.807) is 12.2 Å². The standard InChI is InChI=1S/C10H15ClO2/c1-3-4-8-13-10(12)7-5-6-9(2)11/h5-6H,2-4,7-8H2,1H3. The maximum absolute atomic E-state index is 11.0. The predicted octanol–water partition coefficient (Wildman–Crippen LogP) is 3.03. The molecular weight excluding hydrogens is 188 g/mol. The SMILES string of the molecule is C=C(Cl)C=CCC(=O)OCCCC. The van der Waals surface area contributed by atoms with Gasteiger partial charge in [-0.1, -0.05) is 37.6 Å². The van der Waals surface area contributed by atoms with E-state index in [1.807, 2.05) is 6.92 Å². The van der Waals surface area contributed by atoms with Crippen LogP contribution in [0, 0.1) is 0 Å². The minimum absolute atomic E-state index is 0.220. The third kappa shape index (κ3) is 9.15. The van der Waals surface area contributed by atoms with Crippen molar-refractivity contribution >= 4 is 17.6 Å². The molecule has 0 N–H and O–H groups in total. The zero-order valence-electron chi connectivity index (χ0n) is 7.88. The van der Waals surface area contributed by atoms with Crippen LogP contribution in [0.1, 0.15) is 26.2 Å². The molecule has 0 unspecified atom stereocenters. The Morgan fingerprint density at radius 3 is 2.85 bits per heavy atom. The van der Waals surface area contributed by atoms with Crippen molar-refractivity contribution in [2.75, 3.05) is 6.61 Å². The molecule has 74 valence electrons. The smallest absolute Gasteiger partial charge is 0.309 e. The van der Waals surface area contributed by atoms with Crippen LogP contribution >= 0.6 is 11.6 Å². The molecule has 0 atom stereocenters. The highest BCUT2D eigenvalue weighted by Gasteiger charge is 1.97. The van der Waals surface area contributed by atoms with Crippen molar-refractivity contribution in [1.29, 1.82) is 0 Å². The number of ether oxygens (including phenoxy) is 1. The molecule has 2 nitrogen and oxygen atoms in total. The van der Waals surface area contributed by atoms with Crippen molar-refractivity contribution in [2.24, 2.45) is 0 Å². The highest BCUT2D eigenvalue weighted by molar-refractivity contribution is 6.30. The van der Waals surface area contributed by atoms with Crippen LogP contribution in [0.2, 0.25) is 0 Å². The van der Waals surface area contributed by atoms with Gasteiger partial charge in [-0.2, -0.15) is 0 Å². The van der Waals surface area contributed by atoms with E-state index in [-0.39, 0.29) is 12.4 Å². The molecule has 0 aliphatic carbocycles. The molecule has 0 aromatic carbocycles. The van der Waals surface area contributed by atoms with Crippen LogP contribution < -0.4 is 0 Å². The second-order valence-electron chi connectivity index (χ2n) is 2.63. The number of hydrogen-bond acceptors (Lipinski definition) is 2. The van der Waals surface area contributed by atoms with Crippen molar-refractivity contribution in [1.82, 2.24) is 0 Å². The molecule has 0 aliphatic rings. The number of halogens is 1. The Morgan fingerprint density at radius 2 is 2.31 bits per heavy atom. The van der Waals surface area contributed by atoms with E-state index in [9.17, 15) is 4.79 Å². The minimum atomic E-state index is -0.220. The van der Waals surface area contributed by atoms with Gasteiger partial charge in [0.15, 0.2) is 0 Å². The molecule has 0 rings (SSSR count). The number of hydrogen-bond donors (Lipinski definition) is 0. The quantitative estimate of drug-likeness (QED) is 0.376. The summed E-state index contributed by atoms with van der Waals surface area (Å²) >= 11 is 5.45. The molecule has 0 spiro atoms. The molecule has 0 amide bonds. The zero-order valence-corrected chi connectivity index (χ0v) is 8.64. The lowest BCUT2D eigenvalue weighted by atomic mass is 10.3. The third-order valence-corrected chi connectivity index (χ3v) is 1.47. The average Bonchev–Trinajstić information content (AvgIpc) is 2.04. The maximum atomic E-state index is 11.0. The predicted molar refractivity (Wildman–Crippen MR) is 54.6 cm³/mol. The molecule has 0 heterocycles. The summed E-state index contributed by atoms with van der Waals surface area (Å²) in [6.07, 6.45) is 5.43. The lowest BCUT2D eigenvalue weighted by Gasteiger charge is -2.00. The first-order valence-electron chi connectivity index (χ1n) is 4.33. The summed E-state index contributed by atoms with van der Waals surface area (Å²) in [5.74, 6) is -0.220. The maximum Gasteiger partial charge on any atom is 0.309 e. The average molecular weight is 203 g/mol. The third-order valence-electron chi connectivity index (χ3n) is 1.34. The second kappa shape index (κ2) is 7.87. The highest BCUT2D eigenvalue weighted by Crippen LogP contribution is 2.00. The van der Waals surface area contributed by atoms with Crippen LogP contribution in [0.25, 0.3) is 0 Å². The van der Waals surface area contributed by atoms with Crippen molar-refractivity contribution < 1.29 is 9.53 Å². The Labute approximate surface area is 84.2 Å². The molecule has 3 heteroatoms. The van der Waals surface area contributed by atoms with Gasteiger partial charge in [-0.3, -0.25) is 4.79 Å². The summed E-state index contributed by atoms with van der Waals surface area (Å²) in [5.41, 5.74) is 0. The first-order valence-corrected chi connectivity index (χ1v) is 4.71. The van der Waals surface area contributed by atoms with E-state index in [2.05, 4.69) is 6.58 Å². The summed E-state index contributed by atoms with van der Waals surface area (Å²) < 4.78 is 4.90. The van der Waals surface area contributed by atoms with Gasteiger partial charge in [0.05, 0.1) is 13.0 Å². The minimum Gasteiger partial charge on any atom is -0.465 e. The number of rotatable bonds is 6. The van der Waals surface area contributed by atoms with E-state index >= 15 is 0 Å². The van der Waals surface area contributed by atoms with Crippen molar-refractivity contribution in [3.63, 3.8) is 0 Å². The van der Waals surface area contributed by atoms with Crippen molar-refractivity contribution in [2.45, 2.75) is 26.2 Å². The van der Waals surface area contributed by atoms with Gasteiger partial charge in [-0.05, 0) is 12.5 Å². The lowest BCUT2D eigenvalue weighted by molar-refractivity contribution is -0.142. The Morgan fingerprint density at radius 1 is 1.62 bits per heavy atom. The monoisotopic (exact) mass is 202 g/mol. The summed E-state index contributed by atoms with van der Waals surface area (Å²) in [7, 11) is 0. The second-order valence-corrected chi connectivity index (χ2v) is 3.11. The molecule has 0 saturated heterocycles. The summed E-state index contributed by atoms with van der Waals surface area (Å²) in [5, 5.41) is 0.418.